The Morgan fingerprint density at radius 2 is 2.22 bits per heavy atom. The van der Waals surface area contributed by atoms with Crippen molar-refractivity contribution in [2.45, 2.75) is 26.5 Å². The van der Waals surface area contributed by atoms with E-state index in [4.69, 9.17) is 5.11 Å². The zero-order chi connectivity index (χ0) is 13.1. The first-order chi connectivity index (χ1) is 8.65. The number of aromatic nitrogens is 2. The quantitative estimate of drug-likeness (QED) is 0.743. The minimum absolute atomic E-state index is 0.237. The molecule has 1 atom stereocenters. The summed E-state index contributed by atoms with van der Waals surface area (Å²) in [5.74, 6) is 1.00. The molecule has 5 nitrogen and oxygen atoms in total. The van der Waals surface area contributed by atoms with Crippen LogP contribution in [-0.4, -0.2) is 39.0 Å². The Kier molecular flexibility index (Phi) is 3.84. The normalized spacial score (nSPS) is 12.9. The molecule has 0 bridgehead atoms. The smallest absolute Gasteiger partial charge is 0.106 e. The molecule has 0 aliphatic rings. The number of anilines is 1. The van der Waals surface area contributed by atoms with Crippen LogP contribution >= 0.6 is 0 Å². The first kappa shape index (κ1) is 12.9. The molecule has 0 saturated carbocycles. The van der Waals surface area contributed by atoms with Gasteiger partial charge in [0, 0.05) is 18.8 Å². The summed E-state index contributed by atoms with van der Waals surface area (Å²) < 4.78 is 2.15. The van der Waals surface area contributed by atoms with Crippen molar-refractivity contribution in [3.63, 3.8) is 0 Å². The van der Waals surface area contributed by atoms with E-state index in [1.807, 2.05) is 25.1 Å². The Bertz CT molecular complexity index is 536. The van der Waals surface area contributed by atoms with E-state index in [1.165, 1.54) is 0 Å². The van der Waals surface area contributed by atoms with Crippen LogP contribution in [0.3, 0.4) is 0 Å². The van der Waals surface area contributed by atoms with Crippen LogP contribution in [0.15, 0.2) is 18.2 Å². The number of nitrogens with zero attached hydrogens (tertiary/aromatic N) is 2. The van der Waals surface area contributed by atoms with E-state index in [-0.39, 0.29) is 6.61 Å². The second-order valence-corrected chi connectivity index (χ2v) is 4.32. The average molecular weight is 249 g/mol. The minimum Gasteiger partial charge on any atom is -0.394 e. The van der Waals surface area contributed by atoms with Gasteiger partial charge in [0.1, 0.15) is 5.82 Å². The largest absolute Gasteiger partial charge is 0.394 e. The molecule has 0 amide bonds. The van der Waals surface area contributed by atoms with Crippen LogP contribution in [0.4, 0.5) is 5.69 Å². The summed E-state index contributed by atoms with van der Waals surface area (Å²) in [5.41, 5.74) is 2.96. The van der Waals surface area contributed by atoms with Crippen LogP contribution in [0, 0.1) is 6.92 Å². The van der Waals surface area contributed by atoms with Gasteiger partial charge in [-0.1, -0.05) is 0 Å². The predicted octanol–water partition coefficient (Wildman–Crippen LogP) is 1.13. The van der Waals surface area contributed by atoms with Gasteiger partial charge >= 0.3 is 0 Å². The van der Waals surface area contributed by atoms with Gasteiger partial charge in [-0.25, -0.2) is 4.98 Å². The average Bonchev–Trinajstić information content (AvgIpc) is 2.70. The summed E-state index contributed by atoms with van der Waals surface area (Å²) in [4.78, 5) is 4.50. The lowest BCUT2D eigenvalue weighted by atomic mass is 10.2. The molecule has 0 fully saturated rings. The summed E-state index contributed by atoms with van der Waals surface area (Å²) in [6.45, 7) is 5.08. The van der Waals surface area contributed by atoms with Gasteiger partial charge in [0.15, 0.2) is 0 Å². The van der Waals surface area contributed by atoms with Gasteiger partial charge in [-0.3, -0.25) is 0 Å². The van der Waals surface area contributed by atoms with E-state index in [0.717, 1.165) is 29.1 Å². The van der Waals surface area contributed by atoms with Gasteiger partial charge < -0.3 is 20.1 Å². The molecule has 98 valence electrons. The second kappa shape index (κ2) is 5.37. The number of aliphatic hydroxyl groups excluding tert-OH is 2. The maximum atomic E-state index is 9.29. The third kappa shape index (κ3) is 2.47. The number of imidazole rings is 1. The van der Waals surface area contributed by atoms with E-state index < -0.39 is 6.10 Å². The maximum absolute atomic E-state index is 9.29. The van der Waals surface area contributed by atoms with Crippen molar-refractivity contribution in [2.75, 3.05) is 18.5 Å². The summed E-state index contributed by atoms with van der Waals surface area (Å²) >= 11 is 0. The first-order valence-electron chi connectivity index (χ1n) is 6.15. The fraction of sp³-hybridized carbons (Fsp3) is 0.462. The Balaban J connectivity index is 2.23. The summed E-state index contributed by atoms with van der Waals surface area (Å²) in [5, 5.41) is 21.1. The van der Waals surface area contributed by atoms with Gasteiger partial charge in [0.05, 0.1) is 23.7 Å². The van der Waals surface area contributed by atoms with Crippen molar-refractivity contribution < 1.29 is 10.2 Å². The lowest BCUT2D eigenvalue weighted by Crippen LogP contribution is -2.22. The molecule has 1 aromatic carbocycles. The summed E-state index contributed by atoms with van der Waals surface area (Å²) in [6.07, 6.45) is -0.740. The van der Waals surface area contributed by atoms with Crippen LogP contribution < -0.4 is 5.32 Å². The predicted molar refractivity (Wildman–Crippen MR) is 71.7 cm³/mol. The van der Waals surface area contributed by atoms with E-state index in [0.29, 0.717) is 6.54 Å². The summed E-state index contributed by atoms with van der Waals surface area (Å²) in [6, 6.07) is 5.94. The molecule has 0 aliphatic heterocycles. The topological polar surface area (TPSA) is 70.3 Å². The first-order valence-corrected chi connectivity index (χ1v) is 6.15. The minimum atomic E-state index is -0.740. The molecule has 2 rings (SSSR count). The molecule has 1 heterocycles. The lowest BCUT2D eigenvalue weighted by molar-refractivity contribution is 0.105. The Labute approximate surface area is 106 Å². The fourth-order valence-electron chi connectivity index (χ4n) is 2.06. The standard InChI is InChI=1S/C13H19N3O2/c1-3-16-9(2)15-12-6-10(4-5-13(12)16)14-7-11(18)8-17/h4-6,11,14,17-18H,3,7-8H2,1-2H3. The molecular formula is C13H19N3O2. The molecule has 1 unspecified atom stereocenters. The fourth-order valence-corrected chi connectivity index (χ4v) is 2.06. The number of aryl methyl sites for hydroxylation is 2. The molecule has 1 aromatic heterocycles. The van der Waals surface area contributed by atoms with Crippen molar-refractivity contribution in [2.24, 2.45) is 0 Å². The molecule has 0 saturated heterocycles. The van der Waals surface area contributed by atoms with E-state index in [9.17, 15) is 5.11 Å². The highest BCUT2D eigenvalue weighted by atomic mass is 16.3. The number of aliphatic hydroxyl groups is 2. The number of hydrogen-bond acceptors (Lipinski definition) is 4. The molecule has 2 aromatic rings. The third-order valence-corrected chi connectivity index (χ3v) is 3.01. The Hall–Kier alpha value is -1.59. The van der Waals surface area contributed by atoms with Gasteiger partial charge in [0.2, 0.25) is 0 Å². The molecule has 5 heteroatoms. The van der Waals surface area contributed by atoms with Crippen molar-refractivity contribution in [1.82, 2.24) is 9.55 Å². The molecule has 0 aliphatic carbocycles. The third-order valence-electron chi connectivity index (χ3n) is 3.01. The lowest BCUT2D eigenvalue weighted by Gasteiger charge is -2.10. The number of benzene rings is 1. The highest BCUT2D eigenvalue weighted by molar-refractivity contribution is 5.80. The number of fused-ring (bicyclic) bond motifs is 1. The SMILES string of the molecule is CCn1c(C)nc2cc(NCC(O)CO)ccc21. The molecule has 0 radical (unpaired) electrons. The monoisotopic (exact) mass is 249 g/mol. The van der Waals surface area contributed by atoms with Crippen LogP contribution in [0.25, 0.3) is 11.0 Å². The van der Waals surface area contributed by atoms with Gasteiger partial charge in [0.25, 0.3) is 0 Å². The van der Waals surface area contributed by atoms with E-state index in [1.54, 1.807) is 0 Å². The van der Waals surface area contributed by atoms with Crippen molar-refractivity contribution in [1.29, 1.82) is 0 Å². The van der Waals surface area contributed by atoms with Gasteiger partial charge in [-0.2, -0.15) is 0 Å². The second-order valence-electron chi connectivity index (χ2n) is 4.32. The zero-order valence-corrected chi connectivity index (χ0v) is 10.7. The van der Waals surface area contributed by atoms with E-state index >= 15 is 0 Å². The van der Waals surface area contributed by atoms with E-state index in [2.05, 4.69) is 21.8 Å². The van der Waals surface area contributed by atoms with Crippen molar-refractivity contribution >= 4 is 16.7 Å². The summed E-state index contributed by atoms with van der Waals surface area (Å²) in [7, 11) is 0. The number of rotatable bonds is 5. The highest BCUT2D eigenvalue weighted by Crippen LogP contribution is 2.20. The number of hydrogen-bond donors (Lipinski definition) is 3. The molecule has 18 heavy (non-hydrogen) atoms. The molecule has 0 spiro atoms. The van der Waals surface area contributed by atoms with Crippen LogP contribution in [0.5, 0.6) is 0 Å². The highest BCUT2D eigenvalue weighted by Gasteiger charge is 2.07. The molecule has 3 N–H and O–H groups in total. The Morgan fingerprint density at radius 1 is 1.44 bits per heavy atom. The molecular weight excluding hydrogens is 230 g/mol. The van der Waals surface area contributed by atoms with Crippen LogP contribution in [-0.2, 0) is 6.54 Å². The number of nitrogens with one attached hydrogen (secondary N) is 1. The Morgan fingerprint density at radius 3 is 2.89 bits per heavy atom. The van der Waals surface area contributed by atoms with Crippen LogP contribution in [0.1, 0.15) is 12.7 Å². The van der Waals surface area contributed by atoms with Gasteiger partial charge in [-0.05, 0) is 32.0 Å². The zero-order valence-electron chi connectivity index (χ0n) is 10.7. The van der Waals surface area contributed by atoms with Gasteiger partial charge in [-0.15, -0.1) is 0 Å². The maximum Gasteiger partial charge on any atom is 0.106 e. The van der Waals surface area contributed by atoms with Crippen LogP contribution in [0.2, 0.25) is 0 Å². The van der Waals surface area contributed by atoms with Crippen molar-refractivity contribution in [3.8, 4) is 0 Å². The van der Waals surface area contributed by atoms with Crippen molar-refractivity contribution in [3.05, 3.63) is 24.0 Å².